The molecule has 0 aromatic heterocycles. The molecular weight excluding hydrogens is 322 g/mol. The molecule has 1 aliphatic rings. The van der Waals surface area contributed by atoms with E-state index in [9.17, 15) is 15.0 Å². The predicted molar refractivity (Wildman–Crippen MR) is 94.7 cm³/mol. The molecule has 140 valence electrons. The summed E-state index contributed by atoms with van der Waals surface area (Å²) >= 11 is 0. The fourth-order valence-corrected chi connectivity index (χ4v) is 3.74. The van der Waals surface area contributed by atoms with E-state index in [-0.39, 0.29) is 12.6 Å². The molecule has 0 radical (unpaired) electrons. The van der Waals surface area contributed by atoms with E-state index >= 15 is 0 Å². The van der Waals surface area contributed by atoms with Gasteiger partial charge in [-0.05, 0) is 31.0 Å². The van der Waals surface area contributed by atoms with Crippen LogP contribution in [0.4, 0.5) is 0 Å². The number of benzene rings is 1. The Labute approximate surface area is 149 Å². The minimum atomic E-state index is -0.489. The third-order valence-electron chi connectivity index (χ3n) is 5.12. The lowest BCUT2D eigenvalue weighted by Gasteiger charge is -2.45. The summed E-state index contributed by atoms with van der Waals surface area (Å²) in [4.78, 5) is 14.0. The molecular formula is C19H29NO5. The van der Waals surface area contributed by atoms with Gasteiger partial charge in [0.1, 0.15) is 5.75 Å². The van der Waals surface area contributed by atoms with Crippen LogP contribution >= 0.6 is 0 Å². The summed E-state index contributed by atoms with van der Waals surface area (Å²) in [5, 5.41) is 20.3. The minimum absolute atomic E-state index is 0.0299. The number of hydrogen-bond acceptors (Lipinski definition) is 6. The van der Waals surface area contributed by atoms with Gasteiger partial charge in [0.25, 0.3) is 0 Å². The molecule has 0 saturated carbocycles. The van der Waals surface area contributed by atoms with E-state index in [1.54, 1.807) is 25.3 Å². The maximum absolute atomic E-state index is 11.8. The lowest BCUT2D eigenvalue weighted by Crippen LogP contribution is -2.53. The number of carbonyl (C=O) groups excluding carboxylic acids is 1. The van der Waals surface area contributed by atoms with Gasteiger partial charge in [-0.1, -0.05) is 13.3 Å². The van der Waals surface area contributed by atoms with Crippen LogP contribution in [0.1, 0.15) is 42.1 Å². The Morgan fingerprint density at radius 1 is 1.40 bits per heavy atom. The number of methoxy groups -OCH3 is 2. The van der Waals surface area contributed by atoms with Crippen molar-refractivity contribution in [3.05, 3.63) is 29.3 Å². The van der Waals surface area contributed by atoms with Gasteiger partial charge in [0.15, 0.2) is 0 Å². The van der Waals surface area contributed by atoms with Crippen LogP contribution in [0.3, 0.4) is 0 Å². The molecule has 25 heavy (non-hydrogen) atoms. The third-order valence-corrected chi connectivity index (χ3v) is 5.12. The smallest absolute Gasteiger partial charge is 0.337 e. The summed E-state index contributed by atoms with van der Waals surface area (Å²) in [6, 6.07) is 5.24. The van der Waals surface area contributed by atoms with Crippen molar-refractivity contribution in [3.8, 4) is 5.75 Å². The lowest BCUT2D eigenvalue weighted by atomic mass is 9.74. The molecule has 0 amide bonds. The van der Waals surface area contributed by atoms with E-state index in [1.165, 1.54) is 7.11 Å². The van der Waals surface area contributed by atoms with Crippen LogP contribution in [0.25, 0.3) is 0 Å². The van der Waals surface area contributed by atoms with Gasteiger partial charge in [0.05, 0.1) is 32.5 Å². The molecule has 1 aliphatic heterocycles. The van der Waals surface area contributed by atoms with Gasteiger partial charge in [-0.15, -0.1) is 0 Å². The standard InChI is InChI=1S/C19H29NO5/c1-4-8-19(13-21)12-20(9-7-17(19)22)11-15-10-14(18(23)25-3)5-6-16(15)24-2/h5-6,10,17,21-22H,4,7-9,11-13H2,1-3H3/t17-,19-/m0/s1. The van der Waals surface area contributed by atoms with Crippen LogP contribution in [0.2, 0.25) is 0 Å². The van der Waals surface area contributed by atoms with E-state index in [1.807, 2.05) is 0 Å². The Morgan fingerprint density at radius 3 is 2.76 bits per heavy atom. The van der Waals surface area contributed by atoms with Crippen LogP contribution in [0.15, 0.2) is 18.2 Å². The summed E-state index contributed by atoms with van der Waals surface area (Å²) in [7, 11) is 2.96. The SMILES string of the molecule is CCC[C@@]1(CO)CN(Cc2cc(C(=O)OC)ccc2OC)CC[C@@H]1O. The van der Waals surface area contributed by atoms with Crippen molar-refractivity contribution in [2.24, 2.45) is 5.41 Å². The van der Waals surface area contributed by atoms with Crippen LogP contribution in [0, 0.1) is 5.41 Å². The Morgan fingerprint density at radius 2 is 2.16 bits per heavy atom. The molecule has 2 N–H and O–H groups in total. The number of likely N-dealkylation sites (tertiary alicyclic amines) is 1. The molecule has 6 nitrogen and oxygen atoms in total. The molecule has 2 rings (SSSR count). The Hall–Kier alpha value is -1.63. The minimum Gasteiger partial charge on any atom is -0.496 e. The van der Waals surface area contributed by atoms with Crippen molar-refractivity contribution >= 4 is 5.97 Å². The van der Waals surface area contributed by atoms with Crippen molar-refractivity contribution in [2.75, 3.05) is 33.9 Å². The Kier molecular flexibility index (Phi) is 6.81. The van der Waals surface area contributed by atoms with Crippen LogP contribution < -0.4 is 4.74 Å². The highest BCUT2D eigenvalue weighted by atomic mass is 16.5. The van der Waals surface area contributed by atoms with Crippen molar-refractivity contribution < 1.29 is 24.5 Å². The number of ether oxygens (including phenoxy) is 2. The zero-order valence-electron chi connectivity index (χ0n) is 15.3. The number of carbonyl (C=O) groups is 1. The second-order valence-corrected chi connectivity index (χ2v) is 6.80. The molecule has 1 aromatic carbocycles. The molecule has 0 bridgehead atoms. The average Bonchev–Trinajstić information content (AvgIpc) is 2.63. The first kappa shape index (κ1) is 19.7. The number of nitrogens with zero attached hydrogens (tertiary/aromatic N) is 1. The molecule has 6 heteroatoms. The van der Waals surface area contributed by atoms with Gasteiger partial charge in [-0.25, -0.2) is 4.79 Å². The second kappa shape index (κ2) is 8.65. The fraction of sp³-hybridized carbons (Fsp3) is 0.632. The molecule has 1 saturated heterocycles. The van der Waals surface area contributed by atoms with Crippen molar-refractivity contribution in [2.45, 2.75) is 38.8 Å². The van der Waals surface area contributed by atoms with Crippen LogP contribution in [-0.4, -0.2) is 61.1 Å². The summed E-state index contributed by atoms with van der Waals surface area (Å²) in [6.45, 7) is 3.97. The van der Waals surface area contributed by atoms with Crippen LogP contribution in [-0.2, 0) is 11.3 Å². The highest BCUT2D eigenvalue weighted by Crippen LogP contribution is 2.36. The van der Waals surface area contributed by atoms with Crippen molar-refractivity contribution in [1.29, 1.82) is 0 Å². The van der Waals surface area contributed by atoms with E-state index in [2.05, 4.69) is 11.8 Å². The molecule has 1 aromatic rings. The maximum atomic E-state index is 11.8. The van der Waals surface area contributed by atoms with E-state index in [0.717, 1.165) is 24.9 Å². The quantitative estimate of drug-likeness (QED) is 0.730. The number of aliphatic hydroxyl groups is 2. The summed E-state index contributed by atoms with van der Waals surface area (Å²) < 4.78 is 10.2. The van der Waals surface area contributed by atoms with Crippen molar-refractivity contribution in [1.82, 2.24) is 4.90 Å². The van der Waals surface area contributed by atoms with Gasteiger partial charge in [-0.3, -0.25) is 4.90 Å². The largest absolute Gasteiger partial charge is 0.496 e. The second-order valence-electron chi connectivity index (χ2n) is 6.80. The monoisotopic (exact) mass is 351 g/mol. The molecule has 1 fully saturated rings. The number of hydrogen-bond donors (Lipinski definition) is 2. The first-order valence-corrected chi connectivity index (χ1v) is 8.76. The number of esters is 1. The topological polar surface area (TPSA) is 79.2 Å². The number of rotatable bonds is 7. The van der Waals surface area contributed by atoms with Gasteiger partial charge < -0.3 is 19.7 Å². The zero-order valence-corrected chi connectivity index (χ0v) is 15.3. The molecule has 0 spiro atoms. The summed E-state index contributed by atoms with van der Waals surface area (Å²) in [5.74, 6) is 0.331. The summed E-state index contributed by atoms with van der Waals surface area (Å²) in [5.41, 5.74) is 0.891. The maximum Gasteiger partial charge on any atom is 0.337 e. The first-order valence-electron chi connectivity index (χ1n) is 8.76. The predicted octanol–water partition coefficient (Wildman–Crippen LogP) is 1.83. The Bertz CT molecular complexity index is 591. The number of aliphatic hydroxyl groups excluding tert-OH is 2. The van der Waals surface area contributed by atoms with Gasteiger partial charge >= 0.3 is 5.97 Å². The van der Waals surface area contributed by atoms with Gasteiger partial charge in [0.2, 0.25) is 0 Å². The van der Waals surface area contributed by atoms with Gasteiger partial charge in [-0.2, -0.15) is 0 Å². The Balaban J connectivity index is 2.22. The normalized spacial score (nSPS) is 24.1. The molecule has 1 heterocycles. The van der Waals surface area contributed by atoms with Crippen LogP contribution in [0.5, 0.6) is 5.75 Å². The average molecular weight is 351 g/mol. The number of piperidine rings is 1. The first-order chi connectivity index (χ1) is 12.0. The lowest BCUT2D eigenvalue weighted by molar-refractivity contribution is -0.0820. The van der Waals surface area contributed by atoms with E-state index < -0.39 is 11.5 Å². The van der Waals surface area contributed by atoms with E-state index in [4.69, 9.17) is 9.47 Å². The molecule has 2 atom stereocenters. The summed E-state index contributed by atoms with van der Waals surface area (Å²) in [6.07, 6.45) is 1.82. The highest BCUT2D eigenvalue weighted by molar-refractivity contribution is 5.89. The molecule has 0 unspecified atom stereocenters. The van der Waals surface area contributed by atoms with E-state index in [0.29, 0.717) is 30.8 Å². The fourth-order valence-electron chi connectivity index (χ4n) is 3.74. The highest BCUT2D eigenvalue weighted by Gasteiger charge is 2.41. The van der Waals surface area contributed by atoms with Gasteiger partial charge in [0, 0.05) is 30.6 Å². The van der Waals surface area contributed by atoms with Crippen molar-refractivity contribution in [3.63, 3.8) is 0 Å². The zero-order chi connectivity index (χ0) is 18.4. The third kappa shape index (κ3) is 4.32. The molecule has 0 aliphatic carbocycles.